The number of aromatic nitrogens is 2. The first-order valence-corrected chi connectivity index (χ1v) is 14.0. The number of rotatable bonds is 11. The molecule has 3 aromatic carbocycles. The standard InChI is InChI=1S/C33H39N3O3/c1-5-17-36-30(24(3)34-33(36)27-12-8-7-9-13-27)23-35(22-26-11-10-14-29(20-26)37-6-2)25(4)28-15-16-31-32(21-28)39-19-18-38-31/h7-16,20-21,25H,5-6,17-19,22-23H2,1-4H3. The van der Waals surface area contributed by atoms with Crippen molar-refractivity contribution in [1.82, 2.24) is 14.5 Å². The minimum Gasteiger partial charge on any atom is -0.494 e. The molecule has 0 saturated heterocycles. The van der Waals surface area contributed by atoms with Gasteiger partial charge in [0.25, 0.3) is 0 Å². The molecular formula is C33H39N3O3. The smallest absolute Gasteiger partial charge is 0.161 e. The minimum atomic E-state index is 0.126. The van der Waals surface area contributed by atoms with Crippen LogP contribution in [0.3, 0.4) is 0 Å². The fraction of sp³-hybridized carbons (Fsp3) is 0.364. The summed E-state index contributed by atoms with van der Waals surface area (Å²) < 4.78 is 19.9. The molecule has 1 atom stereocenters. The highest BCUT2D eigenvalue weighted by atomic mass is 16.6. The van der Waals surface area contributed by atoms with Gasteiger partial charge in [-0.2, -0.15) is 0 Å². The van der Waals surface area contributed by atoms with Gasteiger partial charge in [0.05, 0.1) is 18.0 Å². The second-order valence-electron chi connectivity index (χ2n) is 10.0. The van der Waals surface area contributed by atoms with Crippen LogP contribution in [0.1, 0.15) is 55.7 Å². The molecule has 0 saturated carbocycles. The van der Waals surface area contributed by atoms with Crippen molar-refractivity contribution in [1.29, 1.82) is 0 Å². The number of nitrogens with zero attached hydrogens (tertiary/aromatic N) is 3. The van der Waals surface area contributed by atoms with Crippen molar-refractivity contribution in [2.45, 2.75) is 59.8 Å². The molecule has 1 unspecified atom stereocenters. The lowest BCUT2D eigenvalue weighted by molar-refractivity contribution is 0.168. The number of aryl methyl sites for hydroxylation is 1. The highest BCUT2D eigenvalue weighted by Gasteiger charge is 2.24. The van der Waals surface area contributed by atoms with Gasteiger partial charge in [0, 0.05) is 31.2 Å². The normalized spacial score (nSPS) is 13.5. The van der Waals surface area contributed by atoms with Gasteiger partial charge >= 0.3 is 0 Å². The van der Waals surface area contributed by atoms with Crippen LogP contribution in [-0.4, -0.2) is 34.3 Å². The number of imidazole rings is 1. The fourth-order valence-corrected chi connectivity index (χ4v) is 5.27. The third-order valence-electron chi connectivity index (χ3n) is 7.30. The third kappa shape index (κ3) is 6.12. The van der Waals surface area contributed by atoms with Gasteiger partial charge in [0.1, 0.15) is 24.8 Å². The van der Waals surface area contributed by atoms with Crippen molar-refractivity contribution in [3.8, 4) is 28.6 Å². The number of fused-ring (bicyclic) bond motifs is 1. The summed E-state index contributed by atoms with van der Waals surface area (Å²) in [7, 11) is 0. The largest absolute Gasteiger partial charge is 0.494 e. The number of benzene rings is 3. The first-order valence-electron chi connectivity index (χ1n) is 14.0. The summed E-state index contributed by atoms with van der Waals surface area (Å²) in [4.78, 5) is 7.58. The Bertz CT molecular complexity index is 1380. The predicted octanol–water partition coefficient (Wildman–Crippen LogP) is 7.20. The van der Waals surface area contributed by atoms with Crippen LogP contribution >= 0.6 is 0 Å². The van der Waals surface area contributed by atoms with Crippen molar-refractivity contribution >= 4 is 0 Å². The Labute approximate surface area is 232 Å². The predicted molar refractivity (Wildman–Crippen MR) is 155 cm³/mol. The van der Waals surface area contributed by atoms with Crippen LogP contribution in [0.25, 0.3) is 11.4 Å². The van der Waals surface area contributed by atoms with Gasteiger partial charge in [-0.25, -0.2) is 4.98 Å². The molecule has 0 N–H and O–H groups in total. The van der Waals surface area contributed by atoms with Crippen molar-refractivity contribution in [2.75, 3.05) is 19.8 Å². The van der Waals surface area contributed by atoms with Crippen LogP contribution in [0.2, 0.25) is 0 Å². The van der Waals surface area contributed by atoms with Crippen LogP contribution in [0.15, 0.2) is 72.8 Å². The van der Waals surface area contributed by atoms with E-state index >= 15 is 0 Å². The van der Waals surface area contributed by atoms with Crippen molar-refractivity contribution in [2.24, 2.45) is 0 Å². The van der Waals surface area contributed by atoms with E-state index in [1.807, 2.05) is 19.1 Å². The van der Waals surface area contributed by atoms with E-state index in [1.54, 1.807) is 0 Å². The maximum Gasteiger partial charge on any atom is 0.161 e. The molecular weight excluding hydrogens is 486 g/mol. The van der Waals surface area contributed by atoms with Crippen molar-refractivity contribution < 1.29 is 14.2 Å². The molecule has 0 amide bonds. The Morgan fingerprint density at radius 2 is 1.72 bits per heavy atom. The van der Waals surface area contributed by atoms with E-state index in [9.17, 15) is 0 Å². The van der Waals surface area contributed by atoms with Gasteiger partial charge in [-0.1, -0.05) is 55.5 Å². The van der Waals surface area contributed by atoms with Crippen molar-refractivity contribution in [3.63, 3.8) is 0 Å². The fourth-order valence-electron chi connectivity index (χ4n) is 5.27. The van der Waals surface area contributed by atoms with Crippen LogP contribution in [0.4, 0.5) is 0 Å². The van der Waals surface area contributed by atoms with Gasteiger partial charge in [-0.15, -0.1) is 0 Å². The van der Waals surface area contributed by atoms with E-state index in [0.717, 1.165) is 60.4 Å². The molecule has 0 bridgehead atoms. The Morgan fingerprint density at radius 1 is 0.923 bits per heavy atom. The summed E-state index contributed by atoms with van der Waals surface area (Å²) >= 11 is 0. The van der Waals surface area contributed by atoms with E-state index in [2.05, 4.69) is 90.9 Å². The number of ether oxygens (including phenoxy) is 3. The molecule has 0 radical (unpaired) electrons. The second-order valence-corrected chi connectivity index (χ2v) is 10.0. The summed E-state index contributed by atoms with van der Waals surface area (Å²) in [6.07, 6.45) is 1.04. The van der Waals surface area contributed by atoms with E-state index in [1.165, 1.54) is 16.8 Å². The van der Waals surface area contributed by atoms with Crippen LogP contribution < -0.4 is 14.2 Å². The first-order chi connectivity index (χ1) is 19.1. The van der Waals surface area contributed by atoms with Gasteiger partial charge in [-0.05, 0) is 62.6 Å². The van der Waals surface area contributed by atoms with E-state index in [4.69, 9.17) is 19.2 Å². The zero-order valence-electron chi connectivity index (χ0n) is 23.5. The molecule has 4 aromatic rings. The summed E-state index contributed by atoms with van der Waals surface area (Å²) in [5, 5.41) is 0. The number of hydrogen-bond acceptors (Lipinski definition) is 5. The summed E-state index contributed by atoms with van der Waals surface area (Å²) in [6.45, 7) is 12.9. The first kappa shape index (κ1) is 26.8. The van der Waals surface area contributed by atoms with Gasteiger partial charge in [0.2, 0.25) is 0 Å². The Hall–Kier alpha value is -3.77. The quantitative estimate of drug-likeness (QED) is 0.207. The minimum absolute atomic E-state index is 0.126. The summed E-state index contributed by atoms with van der Waals surface area (Å²) in [6, 6.07) is 25.4. The zero-order chi connectivity index (χ0) is 27.2. The average Bonchev–Trinajstić information content (AvgIpc) is 3.27. The molecule has 2 heterocycles. The van der Waals surface area contributed by atoms with E-state index in [-0.39, 0.29) is 6.04 Å². The van der Waals surface area contributed by atoms with E-state index in [0.29, 0.717) is 19.8 Å². The molecule has 5 rings (SSSR count). The molecule has 0 aliphatic carbocycles. The Kier molecular flexibility index (Phi) is 8.52. The topological polar surface area (TPSA) is 48.8 Å². The van der Waals surface area contributed by atoms with Crippen LogP contribution in [-0.2, 0) is 19.6 Å². The number of hydrogen-bond donors (Lipinski definition) is 0. The third-order valence-corrected chi connectivity index (χ3v) is 7.30. The monoisotopic (exact) mass is 525 g/mol. The molecule has 6 nitrogen and oxygen atoms in total. The lowest BCUT2D eigenvalue weighted by atomic mass is 10.0. The molecule has 0 spiro atoms. The molecule has 1 aliphatic rings. The lowest BCUT2D eigenvalue weighted by Gasteiger charge is -2.31. The van der Waals surface area contributed by atoms with Gasteiger partial charge < -0.3 is 18.8 Å². The van der Waals surface area contributed by atoms with Crippen LogP contribution in [0.5, 0.6) is 17.2 Å². The highest BCUT2D eigenvalue weighted by Crippen LogP contribution is 2.35. The second kappa shape index (κ2) is 12.4. The summed E-state index contributed by atoms with van der Waals surface area (Å²) in [5.41, 5.74) is 5.89. The molecule has 6 heteroatoms. The van der Waals surface area contributed by atoms with Crippen molar-refractivity contribution in [3.05, 3.63) is 95.3 Å². The summed E-state index contributed by atoms with van der Waals surface area (Å²) in [5.74, 6) is 3.58. The zero-order valence-corrected chi connectivity index (χ0v) is 23.5. The van der Waals surface area contributed by atoms with Gasteiger partial charge in [0.15, 0.2) is 11.5 Å². The van der Waals surface area contributed by atoms with Crippen LogP contribution in [0, 0.1) is 6.92 Å². The average molecular weight is 526 g/mol. The maximum atomic E-state index is 5.92. The molecule has 0 fully saturated rings. The molecule has 1 aliphatic heterocycles. The lowest BCUT2D eigenvalue weighted by Crippen LogP contribution is -2.28. The Morgan fingerprint density at radius 3 is 2.49 bits per heavy atom. The highest BCUT2D eigenvalue weighted by molar-refractivity contribution is 5.57. The SMILES string of the molecule is CCCn1c(-c2ccccc2)nc(C)c1CN(Cc1cccc(OCC)c1)C(C)c1ccc2c(c1)OCCO2. The van der Waals surface area contributed by atoms with Gasteiger partial charge in [-0.3, -0.25) is 4.90 Å². The Balaban J connectivity index is 1.52. The molecule has 39 heavy (non-hydrogen) atoms. The van der Waals surface area contributed by atoms with E-state index < -0.39 is 0 Å². The molecule has 204 valence electrons. The molecule has 1 aromatic heterocycles. The maximum absolute atomic E-state index is 5.92.